The van der Waals surface area contributed by atoms with Gasteiger partial charge in [-0.1, -0.05) is 83.6 Å². The lowest BCUT2D eigenvalue weighted by Crippen LogP contribution is -2.39. The van der Waals surface area contributed by atoms with E-state index in [9.17, 15) is 9.59 Å². The lowest BCUT2D eigenvalue weighted by atomic mass is 9.93. The molecule has 1 atom stereocenters. The van der Waals surface area contributed by atoms with E-state index in [1.165, 1.54) is 25.6 Å². The molecule has 5 rings (SSSR count). The third kappa shape index (κ3) is 5.01. The van der Waals surface area contributed by atoms with Gasteiger partial charge in [-0.2, -0.15) is 0 Å². The summed E-state index contributed by atoms with van der Waals surface area (Å²) in [7, 11) is 3.03. The van der Waals surface area contributed by atoms with Gasteiger partial charge in [0.15, 0.2) is 16.3 Å². The maximum atomic E-state index is 14.0. The molecular formula is C30H25ClN2O5S. The van der Waals surface area contributed by atoms with Crippen LogP contribution in [0.4, 0.5) is 0 Å². The highest BCUT2D eigenvalue weighted by Gasteiger charge is 2.35. The highest BCUT2D eigenvalue weighted by atomic mass is 35.5. The molecule has 1 aromatic heterocycles. The highest BCUT2D eigenvalue weighted by molar-refractivity contribution is 7.07. The van der Waals surface area contributed by atoms with Gasteiger partial charge in [-0.3, -0.25) is 9.36 Å². The van der Waals surface area contributed by atoms with Crippen LogP contribution in [0.3, 0.4) is 0 Å². The maximum Gasteiger partial charge on any atom is 0.338 e. The van der Waals surface area contributed by atoms with Gasteiger partial charge < -0.3 is 14.2 Å². The summed E-state index contributed by atoms with van der Waals surface area (Å²) in [6.45, 7) is 1.94. The Morgan fingerprint density at radius 1 is 1.05 bits per heavy atom. The van der Waals surface area contributed by atoms with Gasteiger partial charge in [0.05, 0.1) is 47.7 Å². The zero-order valence-electron chi connectivity index (χ0n) is 21.5. The standard InChI is InChI=1S/C30H25ClN2O5S/c1-4-38-29(35)24-25(19-11-7-5-8-12-19)32-30-33(26(24)20-13-9-6-10-14-20)28(34)23(39-30)17-18-15-21(31)27(37-3)22(16-18)36-2/h5-17,26H,4H2,1-3H3/b23-17-/t26-/m1/s1. The molecule has 0 saturated heterocycles. The summed E-state index contributed by atoms with van der Waals surface area (Å²) in [6, 6.07) is 21.6. The average molecular weight is 561 g/mol. The second-order valence-electron chi connectivity index (χ2n) is 8.58. The van der Waals surface area contributed by atoms with Gasteiger partial charge in [0.2, 0.25) is 0 Å². The Balaban J connectivity index is 1.80. The minimum atomic E-state index is -0.729. The van der Waals surface area contributed by atoms with Crippen molar-refractivity contribution in [1.82, 2.24) is 4.57 Å². The van der Waals surface area contributed by atoms with Crippen molar-refractivity contribution in [1.29, 1.82) is 0 Å². The molecule has 0 aliphatic carbocycles. The minimum absolute atomic E-state index is 0.191. The summed E-state index contributed by atoms with van der Waals surface area (Å²) in [5, 5.41) is 0.356. The van der Waals surface area contributed by atoms with Crippen LogP contribution in [-0.4, -0.2) is 31.4 Å². The molecule has 198 valence electrons. The molecule has 3 aromatic carbocycles. The second-order valence-corrected chi connectivity index (χ2v) is 10.00. The molecule has 0 radical (unpaired) electrons. The van der Waals surface area contributed by atoms with Crippen molar-refractivity contribution in [2.24, 2.45) is 4.99 Å². The number of nitrogens with zero attached hydrogens (tertiary/aromatic N) is 2. The van der Waals surface area contributed by atoms with Gasteiger partial charge >= 0.3 is 5.97 Å². The van der Waals surface area contributed by atoms with E-state index < -0.39 is 12.0 Å². The number of thiazole rings is 1. The van der Waals surface area contributed by atoms with Gasteiger partial charge in [-0.05, 0) is 36.3 Å². The number of carbonyl (C=O) groups is 1. The molecule has 0 N–H and O–H groups in total. The summed E-state index contributed by atoms with van der Waals surface area (Å²) in [5.41, 5.74) is 2.68. The van der Waals surface area contributed by atoms with Crippen molar-refractivity contribution in [3.63, 3.8) is 0 Å². The van der Waals surface area contributed by atoms with Crippen molar-refractivity contribution < 1.29 is 19.0 Å². The number of aromatic nitrogens is 1. The van der Waals surface area contributed by atoms with E-state index in [0.29, 0.717) is 42.7 Å². The molecule has 7 nitrogen and oxygen atoms in total. The van der Waals surface area contributed by atoms with Crippen LogP contribution in [0.1, 0.15) is 29.7 Å². The van der Waals surface area contributed by atoms with Crippen LogP contribution in [-0.2, 0) is 9.53 Å². The zero-order valence-corrected chi connectivity index (χ0v) is 23.1. The lowest BCUT2D eigenvalue weighted by molar-refractivity contribution is -0.138. The predicted octanol–water partition coefficient (Wildman–Crippen LogP) is 4.61. The molecule has 0 bridgehead atoms. The van der Waals surface area contributed by atoms with E-state index in [1.807, 2.05) is 60.7 Å². The number of hydrogen-bond acceptors (Lipinski definition) is 7. The normalized spacial score (nSPS) is 15.0. The van der Waals surface area contributed by atoms with Crippen LogP contribution in [0.15, 0.2) is 88.2 Å². The third-order valence-corrected chi connectivity index (χ3v) is 7.51. The minimum Gasteiger partial charge on any atom is -0.493 e. The Kier molecular flexibility index (Phi) is 7.67. The van der Waals surface area contributed by atoms with Crippen molar-refractivity contribution in [2.75, 3.05) is 20.8 Å². The van der Waals surface area contributed by atoms with E-state index >= 15 is 0 Å². The number of hydrogen-bond donors (Lipinski definition) is 0. The maximum absolute atomic E-state index is 14.0. The Hall–Kier alpha value is -4.14. The Morgan fingerprint density at radius 2 is 1.74 bits per heavy atom. The van der Waals surface area contributed by atoms with E-state index in [2.05, 4.69) is 0 Å². The van der Waals surface area contributed by atoms with Gasteiger partial charge in [0.1, 0.15) is 0 Å². The highest BCUT2D eigenvalue weighted by Crippen LogP contribution is 2.37. The first-order valence-electron chi connectivity index (χ1n) is 12.2. The topological polar surface area (TPSA) is 79.1 Å². The Morgan fingerprint density at radius 3 is 2.38 bits per heavy atom. The molecule has 0 spiro atoms. The average Bonchev–Trinajstić information content (AvgIpc) is 3.27. The first kappa shape index (κ1) is 26.5. The largest absolute Gasteiger partial charge is 0.493 e. The molecule has 0 saturated carbocycles. The van der Waals surface area contributed by atoms with E-state index in [0.717, 1.165) is 11.1 Å². The monoisotopic (exact) mass is 560 g/mol. The first-order valence-corrected chi connectivity index (χ1v) is 13.4. The number of halogens is 1. The first-order chi connectivity index (χ1) is 19.0. The fraction of sp³-hybridized carbons (Fsp3) is 0.167. The Labute approximate surface area is 233 Å². The molecule has 2 heterocycles. The number of fused-ring (bicyclic) bond motifs is 1. The van der Waals surface area contributed by atoms with E-state index in [4.69, 9.17) is 30.8 Å². The number of rotatable bonds is 7. The molecule has 0 amide bonds. The van der Waals surface area contributed by atoms with Crippen molar-refractivity contribution in [2.45, 2.75) is 13.0 Å². The molecule has 0 unspecified atom stereocenters. The van der Waals surface area contributed by atoms with Crippen molar-refractivity contribution in [3.8, 4) is 11.5 Å². The zero-order chi connectivity index (χ0) is 27.5. The number of esters is 1. The molecule has 4 aromatic rings. The van der Waals surface area contributed by atoms with Crippen molar-refractivity contribution >= 4 is 40.7 Å². The lowest BCUT2D eigenvalue weighted by Gasteiger charge is -2.25. The molecule has 9 heteroatoms. The van der Waals surface area contributed by atoms with Crippen LogP contribution in [0.25, 0.3) is 11.8 Å². The van der Waals surface area contributed by atoms with Crippen LogP contribution in [0.2, 0.25) is 5.02 Å². The summed E-state index contributed by atoms with van der Waals surface area (Å²) in [6.07, 6.45) is 1.73. The quantitative estimate of drug-likeness (QED) is 0.309. The van der Waals surface area contributed by atoms with Gasteiger partial charge in [0, 0.05) is 5.56 Å². The smallest absolute Gasteiger partial charge is 0.338 e. The van der Waals surface area contributed by atoms with Gasteiger partial charge in [-0.25, -0.2) is 9.79 Å². The number of carbonyl (C=O) groups excluding carboxylic acids is 1. The summed E-state index contributed by atoms with van der Waals surface area (Å²) < 4.78 is 18.2. The summed E-state index contributed by atoms with van der Waals surface area (Å²) in [4.78, 5) is 32.7. The fourth-order valence-electron chi connectivity index (χ4n) is 4.56. The molecule has 1 aliphatic rings. The van der Waals surface area contributed by atoms with Gasteiger partial charge in [-0.15, -0.1) is 0 Å². The summed E-state index contributed by atoms with van der Waals surface area (Å²) >= 11 is 7.65. The van der Waals surface area contributed by atoms with Crippen LogP contribution in [0, 0.1) is 0 Å². The van der Waals surface area contributed by atoms with E-state index in [-0.39, 0.29) is 12.2 Å². The second kappa shape index (κ2) is 11.3. The van der Waals surface area contributed by atoms with E-state index in [1.54, 1.807) is 29.7 Å². The number of benzene rings is 3. The van der Waals surface area contributed by atoms with Crippen molar-refractivity contribution in [3.05, 3.63) is 120 Å². The number of ether oxygens (including phenoxy) is 3. The fourth-order valence-corrected chi connectivity index (χ4v) is 5.86. The number of methoxy groups -OCH3 is 2. The predicted molar refractivity (Wildman–Crippen MR) is 152 cm³/mol. The van der Waals surface area contributed by atoms with Crippen LogP contribution in [0.5, 0.6) is 11.5 Å². The summed E-state index contributed by atoms with van der Waals surface area (Å²) in [5.74, 6) is 0.338. The molecular weight excluding hydrogens is 536 g/mol. The molecule has 39 heavy (non-hydrogen) atoms. The Bertz CT molecular complexity index is 1740. The van der Waals surface area contributed by atoms with Gasteiger partial charge in [0.25, 0.3) is 5.56 Å². The van der Waals surface area contributed by atoms with Crippen LogP contribution >= 0.6 is 22.9 Å². The third-order valence-electron chi connectivity index (χ3n) is 6.24. The SMILES string of the molecule is CCOC(=O)C1=C(c2ccccc2)N=c2s/c(=C\c3cc(Cl)c(OC)c(OC)c3)c(=O)n2[C@@H]1c1ccccc1. The molecule has 1 aliphatic heterocycles. The van der Waals surface area contributed by atoms with Crippen LogP contribution < -0.4 is 24.4 Å². The molecule has 0 fully saturated rings.